The van der Waals surface area contributed by atoms with Crippen LogP contribution in [-0.2, 0) is 10.9 Å². The number of morpholine rings is 1. The molecule has 1 aromatic carbocycles. The average Bonchev–Trinajstić information content (AvgIpc) is 2.29. The number of rotatable bonds is 1. The Labute approximate surface area is 95.6 Å². The highest BCUT2D eigenvalue weighted by Crippen LogP contribution is 2.32. The molecule has 0 aliphatic carbocycles. The summed E-state index contributed by atoms with van der Waals surface area (Å²) in [5, 5.41) is 2.92. The van der Waals surface area contributed by atoms with Gasteiger partial charge in [-0.25, -0.2) is 4.39 Å². The highest BCUT2D eigenvalue weighted by molar-refractivity contribution is 5.29. The van der Waals surface area contributed by atoms with E-state index in [0.29, 0.717) is 13.2 Å². The maximum Gasteiger partial charge on any atom is 0.416 e. The first-order chi connectivity index (χ1) is 7.98. The van der Waals surface area contributed by atoms with Gasteiger partial charge in [-0.05, 0) is 18.2 Å². The molecule has 1 N–H and O–H groups in total. The van der Waals surface area contributed by atoms with E-state index in [4.69, 9.17) is 4.74 Å². The SMILES string of the molecule is Fc1ccc(C(F)(F)F)cc1[C@@H]1COCCN1. The molecule has 1 aliphatic heterocycles. The Morgan fingerprint density at radius 2 is 2.06 bits per heavy atom. The summed E-state index contributed by atoms with van der Waals surface area (Å²) in [4.78, 5) is 0. The molecule has 2 rings (SSSR count). The number of halogens is 4. The predicted molar refractivity (Wildman–Crippen MR) is 53.0 cm³/mol. The third-order valence-electron chi connectivity index (χ3n) is 2.62. The summed E-state index contributed by atoms with van der Waals surface area (Å²) in [5.41, 5.74) is -0.846. The van der Waals surface area contributed by atoms with E-state index in [2.05, 4.69) is 5.32 Å². The number of hydrogen-bond donors (Lipinski definition) is 1. The molecule has 0 amide bonds. The fourth-order valence-corrected chi connectivity index (χ4v) is 1.75. The average molecular weight is 249 g/mol. The van der Waals surface area contributed by atoms with Crippen molar-refractivity contribution in [3.05, 3.63) is 35.1 Å². The van der Waals surface area contributed by atoms with Crippen LogP contribution in [0, 0.1) is 5.82 Å². The highest BCUT2D eigenvalue weighted by Gasteiger charge is 2.32. The second-order valence-electron chi connectivity index (χ2n) is 3.82. The molecule has 0 saturated carbocycles. The van der Waals surface area contributed by atoms with Gasteiger partial charge in [-0.3, -0.25) is 0 Å². The van der Waals surface area contributed by atoms with Gasteiger partial charge >= 0.3 is 6.18 Å². The molecule has 0 unspecified atom stereocenters. The lowest BCUT2D eigenvalue weighted by Crippen LogP contribution is -2.35. The van der Waals surface area contributed by atoms with Gasteiger partial charge in [0.2, 0.25) is 0 Å². The van der Waals surface area contributed by atoms with Crippen LogP contribution in [0.4, 0.5) is 17.6 Å². The molecule has 1 heterocycles. The highest BCUT2D eigenvalue weighted by atomic mass is 19.4. The molecule has 1 atom stereocenters. The molecular formula is C11H11F4NO. The Bertz CT molecular complexity index is 399. The first-order valence-electron chi connectivity index (χ1n) is 5.16. The van der Waals surface area contributed by atoms with Gasteiger partial charge in [0.25, 0.3) is 0 Å². The number of alkyl halides is 3. The molecule has 0 spiro atoms. The van der Waals surface area contributed by atoms with E-state index >= 15 is 0 Å². The molecule has 94 valence electrons. The minimum absolute atomic E-state index is 0.000440. The lowest BCUT2D eigenvalue weighted by Gasteiger charge is -2.25. The van der Waals surface area contributed by atoms with Crippen LogP contribution in [0.5, 0.6) is 0 Å². The van der Waals surface area contributed by atoms with E-state index in [-0.39, 0.29) is 12.2 Å². The first kappa shape index (κ1) is 12.3. The standard InChI is InChI=1S/C11H11F4NO/c12-9-2-1-7(11(13,14)15)5-8(9)10-6-17-4-3-16-10/h1-2,5,10,16H,3-4,6H2/t10-/m0/s1. The second-order valence-corrected chi connectivity index (χ2v) is 3.82. The number of benzene rings is 1. The van der Waals surface area contributed by atoms with Crippen LogP contribution in [0.15, 0.2) is 18.2 Å². The molecule has 0 radical (unpaired) electrons. The molecule has 0 bridgehead atoms. The fourth-order valence-electron chi connectivity index (χ4n) is 1.75. The van der Waals surface area contributed by atoms with Crippen molar-refractivity contribution in [2.24, 2.45) is 0 Å². The van der Waals surface area contributed by atoms with E-state index in [0.717, 1.165) is 18.2 Å². The maximum absolute atomic E-state index is 13.5. The van der Waals surface area contributed by atoms with Crippen molar-refractivity contribution in [3.63, 3.8) is 0 Å². The topological polar surface area (TPSA) is 21.3 Å². The van der Waals surface area contributed by atoms with Crippen molar-refractivity contribution in [1.82, 2.24) is 5.32 Å². The lowest BCUT2D eigenvalue weighted by atomic mass is 10.0. The Morgan fingerprint density at radius 3 is 2.65 bits per heavy atom. The van der Waals surface area contributed by atoms with Crippen LogP contribution in [0.1, 0.15) is 17.2 Å². The Kier molecular flexibility index (Phi) is 3.35. The summed E-state index contributed by atoms with van der Waals surface area (Å²) in [6.45, 7) is 1.16. The number of hydrogen-bond acceptors (Lipinski definition) is 2. The van der Waals surface area contributed by atoms with E-state index in [1.165, 1.54) is 0 Å². The van der Waals surface area contributed by atoms with Crippen LogP contribution in [0.2, 0.25) is 0 Å². The van der Waals surface area contributed by atoms with E-state index < -0.39 is 23.6 Å². The summed E-state index contributed by atoms with van der Waals surface area (Å²) in [6, 6.07) is 1.89. The van der Waals surface area contributed by atoms with Crippen molar-refractivity contribution in [2.75, 3.05) is 19.8 Å². The number of ether oxygens (including phenoxy) is 1. The van der Waals surface area contributed by atoms with Crippen LogP contribution >= 0.6 is 0 Å². The predicted octanol–water partition coefficient (Wildman–Crippen LogP) is 2.51. The Hall–Kier alpha value is -1.14. The summed E-state index contributed by atoms with van der Waals surface area (Å²) in [6.07, 6.45) is -4.46. The third kappa shape index (κ3) is 2.76. The van der Waals surface area contributed by atoms with Crippen LogP contribution in [-0.4, -0.2) is 19.8 Å². The first-order valence-corrected chi connectivity index (χ1v) is 5.16. The zero-order valence-electron chi connectivity index (χ0n) is 8.85. The maximum atomic E-state index is 13.5. The summed E-state index contributed by atoms with van der Waals surface area (Å²) >= 11 is 0. The van der Waals surface area contributed by atoms with Crippen molar-refractivity contribution in [3.8, 4) is 0 Å². The summed E-state index contributed by atoms with van der Waals surface area (Å²) in [7, 11) is 0. The van der Waals surface area contributed by atoms with Crippen LogP contribution in [0.3, 0.4) is 0 Å². The van der Waals surface area contributed by atoms with E-state index in [9.17, 15) is 17.6 Å². The molecule has 1 aliphatic rings. The monoisotopic (exact) mass is 249 g/mol. The summed E-state index contributed by atoms with van der Waals surface area (Å²) < 4.78 is 56.1. The van der Waals surface area contributed by atoms with Gasteiger partial charge in [-0.1, -0.05) is 0 Å². The lowest BCUT2D eigenvalue weighted by molar-refractivity contribution is -0.137. The fraction of sp³-hybridized carbons (Fsp3) is 0.455. The zero-order valence-corrected chi connectivity index (χ0v) is 8.85. The summed E-state index contributed by atoms with van der Waals surface area (Å²) in [5.74, 6) is -0.652. The van der Waals surface area contributed by atoms with Crippen molar-refractivity contribution in [2.45, 2.75) is 12.2 Å². The van der Waals surface area contributed by atoms with Crippen molar-refractivity contribution < 1.29 is 22.3 Å². The van der Waals surface area contributed by atoms with E-state index in [1.807, 2.05) is 0 Å². The third-order valence-corrected chi connectivity index (χ3v) is 2.62. The largest absolute Gasteiger partial charge is 0.416 e. The van der Waals surface area contributed by atoms with Gasteiger partial charge in [0.1, 0.15) is 5.82 Å². The minimum Gasteiger partial charge on any atom is -0.378 e. The van der Waals surface area contributed by atoms with Crippen LogP contribution < -0.4 is 5.32 Å². The van der Waals surface area contributed by atoms with Gasteiger partial charge in [-0.2, -0.15) is 13.2 Å². The quantitative estimate of drug-likeness (QED) is 0.772. The minimum atomic E-state index is -4.46. The molecule has 0 aromatic heterocycles. The molecule has 2 nitrogen and oxygen atoms in total. The second kappa shape index (κ2) is 4.62. The number of nitrogens with one attached hydrogen (secondary N) is 1. The van der Waals surface area contributed by atoms with Crippen molar-refractivity contribution in [1.29, 1.82) is 0 Å². The molecule has 17 heavy (non-hydrogen) atoms. The van der Waals surface area contributed by atoms with Crippen LogP contribution in [0.25, 0.3) is 0 Å². The van der Waals surface area contributed by atoms with Gasteiger partial charge in [-0.15, -0.1) is 0 Å². The molecular weight excluding hydrogens is 238 g/mol. The molecule has 1 saturated heterocycles. The Balaban J connectivity index is 2.31. The molecule has 1 fully saturated rings. The Morgan fingerprint density at radius 1 is 1.29 bits per heavy atom. The zero-order chi connectivity index (χ0) is 12.5. The van der Waals surface area contributed by atoms with Crippen molar-refractivity contribution >= 4 is 0 Å². The van der Waals surface area contributed by atoms with E-state index in [1.54, 1.807) is 0 Å². The molecule has 1 aromatic rings. The van der Waals surface area contributed by atoms with Gasteiger partial charge < -0.3 is 10.1 Å². The molecule has 6 heteroatoms. The van der Waals surface area contributed by atoms with Gasteiger partial charge in [0.15, 0.2) is 0 Å². The van der Waals surface area contributed by atoms with Gasteiger partial charge in [0, 0.05) is 12.1 Å². The van der Waals surface area contributed by atoms with Gasteiger partial charge in [0.05, 0.1) is 24.8 Å². The normalized spacial score (nSPS) is 21.5. The smallest absolute Gasteiger partial charge is 0.378 e.